The molecule has 0 amide bonds. The summed E-state index contributed by atoms with van der Waals surface area (Å²) >= 11 is 3.35. The smallest absolute Gasteiger partial charge is 0.153 e. The molecule has 2 rings (SSSR count). The third-order valence-electron chi connectivity index (χ3n) is 3.42. The summed E-state index contributed by atoms with van der Waals surface area (Å²) < 4.78 is 6.59. The molecule has 0 N–H and O–H groups in total. The summed E-state index contributed by atoms with van der Waals surface area (Å²) in [5.74, 6) is 0.678. The van der Waals surface area contributed by atoms with Gasteiger partial charge in [-0.2, -0.15) is 0 Å². The van der Waals surface area contributed by atoms with E-state index < -0.39 is 0 Å². The van der Waals surface area contributed by atoms with E-state index >= 15 is 0 Å². The van der Waals surface area contributed by atoms with Crippen LogP contribution in [0.4, 0.5) is 0 Å². The highest BCUT2D eigenvalue weighted by Gasteiger charge is 2.09. The van der Waals surface area contributed by atoms with Crippen LogP contribution in [0.5, 0.6) is 5.75 Å². The van der Waals surface area contributed by atoms with Crippen molar-refractivity contribution in [3.63, 3.8) is 0 Å². The number of benzene rings is 1. The van der Waals surface area contributed by atoms with Crippen molar-refractivity contribution >= 4 is 22.2 Å². The number of rotatable bonds is 6. The molecule has 0 saturated carbocycles. The number of nitrogens with zero attached hydrogens (tertiary/aromatic N) is 1. The molecule has 104 valence electrons. The first-order valence-electron chi connectivity index (χ1n) is 6.89. The molecule has 1 aromatic carbocycles. The van der Waals surface area contributed by atoms with E-state index in [0.717, 1.165) is 23.7 Å². The maximum absolute atomic E-state index is 11.0. The third-order valence-corrected chi connectivity index (χ3v) is 3.92. The number of likely N-dealkylation sites (tertiary alicyclic amines) is 1. The van der Waals surface area contributed by atoms with Crippen LogP contribution >= 0.6 is 15.9 Å². The molecule has 19 heavy (non-hydrogen) atoms. The van der Waals surface area contributed by atoms with E-state index in [4.69, 9.17) is 4.74 Å². The van der Waals surface area contributed by atoms with Crippen LogP contribution in [0.25, 0.3) is 0 Å². The molecule has 0 radical (unpaired) electrons. The molecule has 0 atom stereocenters. The molecule has 0 aliphatic carbocycles. The molecule has 0 unspecified atom stereocenters. The Bertz CT molecular complexity index is 417. The van der Waals surface area contributed by atoms with Gasteiger partial charge in [0, 0.05) is 11.0 Å². The molecular weight excluding hydrogens is 306 g/mol. The molecule has 0 bridgehead atoms. The number of ether oxygens (including phenoxy) is 1. The normalized spacial score (nSPS) is 16.3. The quantitative estimate of drug-likeness (QED) is 0.592. The van der Waals surface area contributed by atoms with E-state index in [9.17, 15) is 4.79 Å². The summed E-state index contributed by atoms with van der Waals surface area (Å²) in [7, 11) is 0. The molecule has 3 nitrogen and oxygen atoms in total. The van der Waals surface area contributed by atoms with Crippen LogP contribution in [0, 0.1) is 0 Å². The van der Waals surface area contributed by atoms with Crippen LogP contribution in [-0.2, 0) is 0 Å². The largest absolute Gasteiger partial charge is 0.493 e. The van der Waals surface area contributed by atoms with Gasteiger partial charge in [-0.25, -0.2) is 0 Å². The Morgan fingerprint density at radius 3 is 2.79 bits per heavy atom. The van der Waals surface area contributed by atoms with Crippen molar-refractivity contribution in [1.82, 2.24) is 4.90 Å². The standard InChI is InChI=1S/C15H20BrNO2/c16-14-5-6-15(13(11-14)12-18)19-10-4-9-17-7-2-1-3-8-17/h5-6,11-12H,1-4,7-10H2. The minimum atomic E-state index is 0.604. The zero-order chi connectivity index (χ0) is 13.5. The molecule has 1 fully saturated rings. The minimum Gasteiger partial charge on any atom is -0.493 e. The molecule has 1 saturated heterocycles. The number of halogens is 1. The number of carbonyl (C=O) groups is 1. The summed E-state index contributed by atoms with van der Waals surface area (Å²) in [6.45, 7) is 4.20. The van der Waals surface area contributed by atoms with E-state index in [0.29, 0.717) is 17.9 Å². The third kappa shape index (κ3) is 4.62. The van der Waals surface area contributed by atoms with Gasteiger partial charge in [0.2, 0.25) is 0 Å². The SMILES string of the molecule is O=Cc1cc(Br)ccc1OCCCN1CCCCC1. The van der Waals surface area contributed by atoms with Crippen molar-refractivity contribution < 1.29 is 9.53 Å². The van der Waals surface area contributed by atoms with Crippen molar-refractivity contribution in [1.29, 1.82) is 0 Å². The Balaban J connectivity index is 1.74. The fourth-order valence-electron chi connectivity index (χ4n) is 2.40. The summed E-state index contributed by atoms with van der Waals surface area (Å²) in [4.78, 5) is 13.4. The van der Waals surface area contributed by atoms with Crippen molar-refractivity contribution in [3.8, 4) is 5.75 Å². The van der Waals surface area contributed by atoms with Gasteiger partial charge >= 0.3 is 0 Å². The van der Waals surface area contributed by atoms with Gasteiger partial charge in [0.1, 0.15) is 5.75 Å². The summed E-state index contributed by atoms with van der Waals surface area (Å²) in [5.41, 5.74) is 0.604. The average molecular weight is 326 g/mol. The maximum Gasteiger partial charge on any atom is 0.153 e. The summed E-state index contributed by atoms with van der Waals surface area (Å²) in [6, 6.07) is 5.52. The molecule has 0 spiro atoms. The van der Waals surface area contributed by atoms with Gasteiger partial charge in [0.25, 0.3) is 0 Å². The monoisotopic (exact) mass is 325 g/mol. The second kappa shape index (κ2) is 7.65. The fourth-order valence-corrected chi connectivity index (χ4v) is 2.77. The Labute approximate surface area is 123 Å². The van der Waals surface area contributed by atoms with E-state index in [1.807, 2.05) is 12.1 Å². The fraction of sp³-hybridized carbons (Fsp3) is 0.533. The molecule has 0 aromatic heterocycles. The second-order valence-electron chi connectivity index (χ2n) is 4.90. The molecule has 4 heteroatoms. The zero-order valence-electron chi connectivity index (χ0n) is 11.1. The van der Waals surface area contributed by atoms with Crippen molar-refractivity contribution in [2.45, 2.75) is 25.7 Å². The van der Waals surface area contributed by atoms with E-state index in [1.54, 1.807) is 6.07 Å². The van der Waals surface area contributed by atoms with Crippen LogP contribution in [-0.4, -0.2) is 37.4 Å². The second-order valence-corrected chi connectivity index (χ2v) is 5.82. The zero-order valence-corrected chi connectivity index (χ0v) is 12.7. The van der Waals surface area contributed by atoms with Crippen LogP contribution in [0.3, 0.4) is 0 Å². The maximum atomic E-state index is 11.0. The van der Waals surface area contributed by atoms with E-state index in [-0.39, 0.29) is 0 Å². The number of carbonyl (C=O) groups excluding carboxylic acids is 1. The van der Waals surface area contributed by atoms with Gasteiger partial charge < -0.3 is 9.64 Å². The van der Waals surface area contributed by atoms with E-state index in [2.05, 4.69) is 20.8 Å². The Morgan fingerprint density at radius 1 is 1.26 bits per heavy atom. The number of hydrogen-bond donors (Lipinski definition) is 0. The molecule has 1 heterocycles. The van der Waals surface area contributed by atoms with E-state index in [1.165, 1.54) is 32.4 Å². The lowest BCUT2D eigenvalue weighted by molar-refractivity contribution is 0.111. The Kier molecular flexibility index (Phi) is 5.86. The van der Waals surface area contributed by atoms with Crippen LogP contribution in [0.1, 0.15) is 36.0 Å². The van der Waals surface area contributed by atoms with Crippen molar-refractivity contribution in [2.75, 3.05) is 26.2 Å². The average Bonchev–Trinajstić information content (AvgIpc) is 2.46. The highest BCUT2D eigenvalue weighted by molar-refractivity contribution is 9.10. The number of aldehydes is 1. The Morgan fingerprint density at radius 2 is 2.05 bits per heavy atom. The molecular formula is C15H20BrNO2. The first kappa shape index (κ1) is 14.5. The van der Waals surface area contributed by atoms with Gasteiger partial charge in [-0.1, -0.05) is 22.4 Å². The number of piperidine rings is 1. The lowest BCUT2D eigenvalue weighted by atomic mass is 10.1. The van der Waals surface area contributed by atoms with Gasteiger partial charge in [0.05, 0.1) is 12.2 Å². The molecule has 1 aromatic rings. The predicted octanol–water partition coefficient (Wildman–Crippen LogP) is 3.52. The van der Waals surface area contributed by atoms with Crippen molar-refractivity contribution in [2.24, 2.45) is 0 Å². The van der Waals surface area contributed by atoms with Gasteiger partial charge in [0.15, 0.2) is 6.29 Å². The number of hydrogen-bond acceptors (Lipinski definition) is 3. The molecule has 1 aliphatic rings. The van der Waals surface area contributed by atoms with Crippen LogP contribution < -0.4 is 4.74 Å². The molecule has 1 aliphatic heterocycles. The highest BCUT2D eigenvalue weighted by atomic mass is 79.9. The van der Waals surface area contributed by atoms with Gasteiger partial charge in [-0.3, -0.25) is 4.79 Å². The topological polar surface area (TPSA) is 29.5 Å². The van der Waals surface area contributed by atoms with Gasteiger partial charge in [-0.05, 0) is 50.6 Å². The first-order chi connectivity index (χ1) is 9.29. The predicted molar refractivity (Wildman–Crippen MR) is 79.9 cm³/mol. The lowest BCUT2D eigenvalue weighted by Gasteiger charge is -2.26. The summed E-state index contributed by atoms with van der Waals surface area (Å²) in [5, 5.41) is 0. The highest BCUT2D eigenvalue weighted by Crippen LogP contribution is 2.21. The first-order valence-corrected chi connectivity index (χ1v) is 7.69. The van der Waals surface area contributed by atoms with Gasteiger partial charge in [-0.15, -0.1) is 0 Å². The van der Waals surface area contributed by atoms with Crippen LogP contribution in [0.15, 0.2) is 22.7 Å². The summed E-state index contributed by atoms with van der Waals surface area (Å²) in [6.07, 6.45) is 5.86. The van der Waals surface area contributed by atoms with Crippen molar-refractivity contribution in [3.05, 3.63) is 28.2 Å². The lowest BCUT2D eigenvalue weighted by Crippen LogP contribution is -2.31. The Hall–Kier alpha value is -0.870. The minimum absolute atomic E-state index is 0.604. The van der Waals surface area contributed by atoms with Crippen LogP contribution in [0.2, 0.25) is 0 Å².